The van der Waals surface area contributed by atoms with Crippen LogP contribution < -0.4 is 16.8 Å². The molecule has 1 aliphatic rings. The van der Waals surface area contributed by atoms with Gasteiger partial charge >= 0.3 is 0 Å². The molecule has 5 N–H and O–H groups in total. The van der Waals surface area contributed by atoms with Crippen molar-refractivity contribution >= 4 is 17.7 Å². The first-order valence-electron chi connectivity index (χ1n) is 8.73. The molecule has 0 radical (unpaired) electrons. The predicted octanol–water partition coefficient (Wildman–Crippen LogP) is 1.94. The van der Waals surface area contributed by atoms with Gasteiger partial charge < -0.3 is 21.5 Å². The molecule has 1 aromatic heterocycles. The van der Waals surface area contributed by atoms with Crippen molar-refractivity contribution in [3.8, 4) is 0 Å². The molecule has 0 unspecified atom stereocenters. The van der Waals surface area contributed by atoms with Gasteiger partial charge in [0, 0.05) is 36.4 Å². The molecule has 0 spiro atoms. The number of primary amides is 1. The summed E-state index contributed by atoms with van der Waals surface area (Å²) in [5.41, 5.74) is 12.8. The Morgan fingerprint density at radius 1 is 1.33 bits per heavy atom. The number of anilines is 2. The van der Waals surface area contributed by atoms with E-state index < -0.39 is 0 Å². The maximum absolute atomic E-state index is 11.2. The molecular formula is C17H29N5O2. The monoisotopic (exact) mass is 335 g/mol. The summed E-state index contributed by atoms with van der Waals surface area (Å²) in [5, 5.41) is 3.64. The highest BCUT2D eigenvalue weighted by molar-refractivity contribution is 5.74. The molecule has 7 heteroatoms. The summed E-state index contributed by atoms with van der Waals surface area (Å²) in [6.07, 6.45) is 6.01. The normalized spacial score (nSPS) is 16.8. The van der Waals surface area contributed by atoms with E-state index in [2.05, 4.69) is 22.2 Å². The van der Waals surface area contributed by atoms with Crippen molar-refractivity contribution in [2.45, 2.75) is 64.3 Å². The van der Waals surface area contributed by atoms with Gasteiger partial charge in [-0.05, 0) is 32.6 Å². The maximum atomic E-state index is 11.2. The van der Waals surface area contributed by atoms with Gasteiger partial charge in [-0.1, -0.05) is 19.8 Å². The lowest BCUT2D eigenvalue weighted by Crippen LogP contribution is -2.44. The number of amides is 1. The zero-order valence-corrected chi connectivity index (χ0v) is 14.7. The number of unbranched alkanes of at least 4 members (excludes halogenated alkanes) is 1. The van der Waals surface area contributed by atoms with E-state index in [9.17, 15) is 4.79 Å². The topological polar surface area (TPSA) is 116 Å². The first kappa shape index (κ1) is 18.4. The maximum Gasteiger partial charge on any atom is 0.222 e. The fraction of sp³-hybridized carbons (Fsp3) is 0.706. The number of nitrogens with zero attached hydrogens (tertiary/aromatic N) is 2. The molecule has 1 aliphatic heterocycles. The van der Waals surface area contributed by atoms with E-state index in [-0.39, 0.29) is 23.8 Å². The van der Waals surface area contributed by atoms with Crippen molar-refractivity contribution in [3.63, 3.8) is 0 Å². The van der Waals surface area contributed by atoms with Gasteiger partial charge in [-0.15, -0.1) is 0 Å². The Morgan fingerprint density at radius 2 is 2.04 bits per heavy atom. The lowest BCUT2D eigenvalue weighted by molar-refractivity contribution is -0.117. The van der Waals surface area contributed by atoms with Crippen molar-refractivity contribution in [2.75, 3.05) is 24.3 Å². The van der Waals surface area contributed by atoms with Crippen LogP contribution in [-0.4, -0.2) is 34.6 Å². The minimum absolute atomic E-state index is 0.0387. The Labute approximate surface area is 143 Å². The number of ether oxygens (including phenoxy) is 1. The molecule has 134 valence electrons. The second kappa shape index (κ2) is 8.28. The van der Waals surface area contributed by atoms with Crippen molar-refractivity contribution < 1.29 is 9.53 Å². The van der Waals surface area contributed by atoms with Gasteiger partial charge in [-0.2, -0.15) is 4.98 Å². The molecule has 2 rings (SSSR count). The van der Waals surface area contributed by atoms with E-state index in [1.807, 2.05) is 6.92 Å². The molecule has 1 aromatic rings. The molecule has 0 aliphatic carbocycles. The number of hydrogen-bond donors (Lipinski definition) is 3. The molecule has 1 amide bonds. The Balaban J connectivity index is 2.28. The Hall–Kier alpha value is -1.89. The van der Waals surface area contributed by atoms with Crippen molar-refractivity contribution in [3.05, 3.63) is 11.3 Å². The third-order valence-corrected chi connectivity index (χ3v) is 4.69. The fourth-order valence-corrected chi connectivity index (χ4v) is 3.23. The number of carbonyl (C=O) groups excluding carboxylic acids is 1. The average molecular weight is 335 g/mol. The Kier molecular flexibility index (Phi) is 6.36. The highest BCUT2D eigenvalue weighted by atomic mass is 16.5. The van der Waals surface area contributed by atoms with Crippen LogP contribution >= 0.6 is 0 Å². The van der Waals surface area contributed by atoms with Gasteiger partial charge in [0.1, 0.15) is 5.82 Å². The first-order chi connectivity index (χ1) is 11.5. The molecule has 1 saturated heterocycles. The number of nitrogens with two attached hydrogens (primary N) is 2. The zero-order chi connectivity index (χ0) is 17.6. The molecule has 0 bridgehead atoms. The minimum atomic E-state index is -0.330. The summed E-state index contributed by atoms with van der Waals surface area (Å²) < 4.78 is 5.54. The number of hydrogen-bond acceptors (Lipinski definition) is 6. The van der Waals surface area contributed by atoms with E-state index in [1.54, 1.807) is 0 Å². The molecule has 0 saturated carbocycles. The highest BCUT2D eigenvalue weighted by Crippen LogP contribution is 2.32. The summed E-state index contributed by atoms with van der Waals surface area (Å²) in [5.74, 6) is 0.652. The van der Waals surface area contributed by atoms with E-state index in [0.29, 0.717) is 6.42 Å². The largest absolute Gasteiger partial charge is 0.381 e. The predicted molar refractivity (Wildman–Crippen MR) is 94.6 cm³/mol. The van der Waals surface area contributed by atoms with Crippen molar-refractivity contribution in [2.24, 2.45) is 5.73 Å². The van der Waals surface area contributed by atoms with Crippen LogP contribution in [0.4, 0.5) is 11.8 Å². The summed E-state index contributed by atoms with van der Waals surface area (Å²) in [6, 6.07) is 0. The SMILES string of the molecule is CCCCC1(Nc2nc(N)nc(C)c2CCC(N)=O)CCOCC1. The Bertz CT molecular complexity index is 570. The van der Waals surface area contributed by atoms with Crippen LogP contribution in [0.1, 0.15) is 56.7 Å². The van der Waals surface area contributed by atoms with Gasteiger partial charge in [0.25, 0.3) is 0 Å². The third kappa shape index (κ3) is 4.80. The van der Waals surface area contributed by atoms with Crippen LogP contribution in [0.3, 0.4) is 0 Å². The van der Waals surface area contributed by atoms with Crippen molar-refractivity contribution in [1.82, 2.24) is 9.97 Å². The van der Waals surface area contributed by atoms with Crippen LogP contribution in [0.5, 0.6) is 0 Å². The fourth-order valence-electron chi connectivity index (χ4n) is 3.23. The van der Waals surface area contributed by atoms with Crippen LogP contribution in [0, 0.1) is 6.92 Å². The van der Waals surface area contributed by atoms with Gasteiger partial charge in [0.05, 0.1) is 0 Å². The molecule has 1 fully saturated rings. The Morgan fingerprint density at radius 3 is 2.67 bits per heavy atom. The van der Waals surface area contributed by atoms with Gasteiger partial charge in [0.15, 0.2) is 0 Å². The molecule has 0 aromatic carbocycles. The zero-order valence-electron chi connectivity index (χ0n) is 14.7. The number of aromatic nitrogens is 2. The smallest absolute Gasteiger partial charge is 0.222 e. The van der Waals surface area contributed by atoms with Crippen LogP contribution in [0.15, 0.2) is 0 Å². The van der Waals surface area contributed by atoms with E-state index >= 15 is 0 Å². The molecule has 7 nitrogen and oxygen atoms in total. The van der Waals surface area contributed by atoms with Crippen LogP contribution in [-0.2, 0) is 16.0 Å². The van der Waals surface area contributed by atoms with Crippen LogP contribution in [0.25, 0.3) is 0 Å². The lowest BCUT2D eigenvalue weighted by Gasteiger charge is -2.39. The van der Waals surface area contributed by atoms with Gasteiger partial charge in [0.2, 0.25) is 11.9 Å². The highest BCUT2D eigenvalue weighted by Gasteiger charge is 2.33. The summed E-state index contributed by atoms with van der Waals surface area (Å²) in [6.45, 7) is 5.57. The third-order valence-electron chi connectivity index (χ3n) is 4.69. The summed E-state index contributed by atoms with van der Waals surface area (Å²) in [7, 11) is 0. The standard InChI is InChI=1S/C17H29N5O2/c1-3-4-7-17(8-10-24-11-9-17)22-15-13(5-6-14(18)23)12(2)20-16(19)21-15/h3-11H2,1-2H3,(H2,18,23)(H3,19,20,21,22). The molecular weight excluding hydrogens is 306 g/mol. The lowest BCUT2D eigenvalue weighted by atomic mass is 9.84. The number of rotatable bonds is 8. The van der Waals surface area contributed by atoms with E-state index in [4.69, 9.17) is 16.2 Å². The van der Waals surface area contributed by atoms with E-state index in [1.165, 1.54) is 0 Å². The molecule has 0 atom stereocenters. The quantitative estimate of drug-likeness (QED) is 0.668. The minimum Gasteiger partial charge on any atom is -0.381 e. The molecule has 2 heterocycles. The summed E-state index contributed by atoms with van der Waals surface area (Å²) >= 11 is 0. The van der Waals surface area contributed by atoms with Gasteiger partial charge in [-0.25, -0.2) is 4.98 Å². The van der Waals surface area contributed by atoms with Gasteiger partial charge in [-0.3, -0.25) is 4.79 Å². The number of aryl methyl sites for hydroxylation is 1. The molecule has 24 heavy (non-hydrogen) atoms. The number of carbonyl (C=O) groups is 1. The summed E-state index contributed by atoms with van der Waals surface area (Å²) in [4.78, 5) is 19.8. The second-order valence-corrected chi connectivity index (χ2v) is 6.58. The van der Waals surface area contributed by atoms with Crippen LogP contribution in [0.2, 0.25) is 0 Å². The first-order valence-corrected chi connectivity index (χ1v) is 8.73. The second-order valence-electron chi connectivity index (χ2n) is 6.58. The number of nitrogen functional groups attached to an aromatic ring is 1. The van der Waals surface area contributed by atoms with E-state index in [0.717, 1.165) is 62.4 Å². The average Bonchev–Trinajstić information content (AvgIpc) is 2.52. The number of nitrogens with one attached hydrogen (secondary N) is 1. The van der Waals surface area contributed by atoms with Crippen molar-refractivity contribution in [1.29, 1.82) is 0 Å².